The molecule has 0 fully saturated rings. The summed E-state index contributed by atoms with van der Waals surface area (Å²) < 4.78 is 0. The van der Waals surface area contributed by atoms with Crippen molar-refractivity contribution in [1.82, 2.24) is 10.6 Å². The van der Waals surface area contributed by atoms with Crippen molar-refractivity contribution < 1.29 is 19.5 Å². The Balaban J connectivity index is 3.99. The van der Waals surface area contributed by atoms with Gasteiger partial charge in [-0.25, -0.2) is 0 Å². The number of aldehydes is 1. The van der Waals surface area contributed by atoms with Crippen LogP contribution in [0.15, 0.2) is 0 Å². The number of carbonyl (C=O) groups excluding carboxylic acids is 3. The first kappa shape index (κ1) is 14.5. The zero-order valence-corrected chi connectivity index (χ0v) is 9.27. The van der Waals surface area contributed by atoms with Crippen molar-refractivity contribution in [2.45, 2.75) is 32.0 Å². The standard InChI is InChI=1S/C9H17N3O4/c1-5(10)9(16)11-3-8(15)12-7(4-13)6(2)14/h4-7,14H,3,10H2,1-2H3,(H,11,16)(H,12,15)/t5-,6+,7+/m0/s1. The van der Waals surface area contributed by atoms with Gasteiger partial charge < -0.3 is 26.3 Å². The van der Waals surface area contributed by atoms with Gasteiger partial charge in [0.25, 0.3) is 0 Å². The summed E-state index contributed by atoms with van der Waals surface area (Å²) in [6, 6.07) is -1.67. The van der Waals surface area contributed by atoms with Crippen LogP contribution in [0.3, 0.4) is 0 Å². The first-order valence-corrected chi connectivity index (χ1v) is 4.84. The highest BCUT2D eigenvalue weighted by molar-refractivity contribution is 5.88. The molecule has 0 aromatic rings. The molecule has 0 radical (unpaired) electrons. The summed E-state index contributed by atoms with van der Waals surface area (Å²) in [5.41, 5.74) is 5.26. The second-order valence-corrected chi connectivity index (χ2v) is 3.48. The maximum atomic E-state index is 11.2. The van der Waals surface area contributed by atoms with Crippen molar-refractivity contribution in [3.05, 3.63) is 0 Å². The van der Waals surface area contributed by atoms with Gasteiger partial charge in [0.1, 0.15) is 12.3 Å². The molecule has 7 nitrogen and oxygen atoms in total. The zero-order valence-electron chi connectivity index (χ0n) is 9.27. The number of rotatable bonds is 6. The Bertz CT molecular complexity index is 265. The van der Waals surface area contributed by atoms with E-state index in [2.05, 4.69) is 10.6 Å². The fourth-order valence-corrected chi connectivity index (χ4v) is 0.834. The average molecular weight is 231 g/mol. The maximum absolute atomic E-state index is 11.2. The Morgan fingerprint density at radius 3 is 2.38 bits per heavy atom. The zero-order chi connectivity index (χ0) is 12.7. The maximum Gasteiger partial charge on any atom is 0.240 e. The Kier molecular flexibility index (Phi) is 6.28. The summed E-state index contributed by atoms with van der Waals surface area (Å²) in [4.78, 5) is 32.7. The number of carbonyl (C=O) groups is 3. The van der Waals surface area contributed by atoms with Crippen LogP contribution in [-0.4, -0.2) is 47.9 Å². The number of hydrogen-bond acceptors (Lipinski definition) is 5. The summed E-state index contributed by atoms with van der Waals surface area (Å²) in [7, 11) is 0. The summed E-state index contributed by atoms with van der Waals surface area (Å²) >= 11 is 0. The first-order valence-electron chi connectivity index (χ1n) is 4.84. The van der Waals surface area contributed by atoms with Crippen molar-refractivity contribution in [2.24, 2.45) is 5.73 Å². The van der Waals surface area contributed by atoms with Crippen molar-refractivity contribution in [3.63, 3.8) is 0 Å². The number of nitrogens with two attached hydrogens (primary N) is 1. The molecule has 0 aromatic heterocycles. The number of aliphatic hydroxyl groups excluding tert-OH is 1. The van der Waals surface area contributed by atoms with Gasteiger partial charge in [0.15, 0.2) is 0 Å². The van der Waals surface area contributed by atoms with Gasteiger partial charge >= 0.3 is 0 Å². The molecule has 5 N–H and O–H groups in total. The average Bonchev–Trinajstić information content (AvgIpc) is 2.21. The minimum absolute atomic E-state index is 0.280. The van der Waals surface area contributed by atoms with Crippen LogP contribution in [0.5, 0.6) is 0 Å². The molecule has 16 heavy (non-hydrogen) atoms. The SMILES string of the molecule is C[C@H](N)C(=O)NCC(=O)N[C@H](C=O)[C@@H](C)O. The summed E-state index contributed by atoms with van der Waals surface area (Å²) in [5.74, 6) is -1.03. The van der Waals surface area contributed by atoms with Crippen LogP contribution in [0.25, 0.3) is 0 Å². The molecule has 0 bridgehead atoms. The van der Waals surface area contributed by atoms with E-state index in [0.29, 0.717) is 6.29 Å². The van der Waals surface area contributed by atoms with Crippen molar-refractivity contribution >= 4 is 18.1 Å². The van der Waals surface area contributed by atoms with Gasteiger partial charge in [-0.2, -0.15) is 0 Å². The first-order chi connectivity index (χ1) is 7.38. The molecule has 3 atom stereocenters. The van der Waals surface area contributed by atoms with Gasteiger partial charge in [0.05, 0.1) is 18.7 Å². The number of amides is 2. The third-order valence-electron chi connectivity index (χ3n) is 1.83. The molecule has 0 saturated heterocycles. The lowest BCUT2D eigenvalue weighted by Gasteiger charge is -2.15. The topological polar surface area (TPSA) is 122 Å². The van der Waals surface area contributed by atoms with Gasteiger partial charge in [-0.1, -0.05) is 0 Å². The van der Waals surface area contributed by atoms with Crippen LogP contribution in [0, 0.1) is 0 Å². The molecule has 0 saturated carbocycles. The highest BCUT2D eigenvalue weighted by Gasteiger charge is 2.17. The summed E-state index contributed by atoms with van der Waals surface area (Å²) in [6.07, 6.45) is -0.554. The molecule has 0 aliphatic carbocycles. The van der Waals surface area contributed by atoms with E-state index in [9.17, 15) is 14.4 Å². The van der Waals surface area contributed by atoms with Gasteiger partial charge in [-0.15, -0.1) is 0 Å². The Hall–Kier alpha value is -1.47. The Labute approximate surface area is 93.4 Å². The molecule has 92 valence electrons. The quantitative estimate of drug-likeness (QED) is 0.377. The second kappa shape index (κ2) is 6.91. The van der Waals surface area contributed by atoms with Crippen LogP contribution in [0.1, 0.15) is 13.8 Å². The monoisotopic (exact) mass is 231 g/mol. The Morgan fingerprint density at radius 2 is 2.00 bits per heavy atom. The molecule has 0 rings (SSSR count). The van der Waals surface area contributed by atoms with E-state index in [-0.39, 0.29) is 6.54 Å². The van der Waals surface area contributed by atoms with Crippen LogP contribution >= 0.6 is 0 Å². The predicted molar refractivity (Wildman–Crippen MR) is 56.3 cm³/mol. The lowest BCUT2D eigenvalue weighted by molar-refractivity contribution is -0.128. The van der Waals surface area contributed by atoms with E-state index < -0.39 is 30.0 Å². The number of aliphatic hydroxyl groups is 1. The fraction of sp³-hybridized carbons (Fsp3) is 0.667. The molecule has 0 aliphatic heterocycles. The fourth-order valence-electron chi connectivity index (χ4n) is 0.834. The molecular weight excluding hydrogens is 214 g/mol. The molecule has 0 aromatic carbocycles. The van der Waals surface area contributed by atoms with Crippen molar-refractivity contribution in [2.75, 3.05) is 6.54 Å². The van der Waals surface area contributed by atoms with E-state index in [1.807, 2.05) is 0 Å². The van der Waals surface area contributed by atoms with E-state index in [4.69, 9.17) is 10.8 Å². The van der Waals surface area contributed by atoms with E-state index in [0.717, 1.165) is 0 Å². The number of hydrogen-bond donors (Lipinski definition) is 4. The molecule has 0 unspecified atom stereocenters. The van der Waals surface area contributed by atoms with Gasteiger partial charge in [0.2, 0.25) is 11.8 Å². The van der Waals surface area contributed by atoms with E-state index in [1.54, 1.807) is 0 Å². The molecule has 0 aliphatic rings. The van der Waals surface area contributed by atoms with Crippen molar-refractivity contribution in [3.8, 4) is 0 Å². The molecule has 0 spiro atoms. The minimum atomic E-state index is -0.981. The van der Waals surface area contributed by atoms with Gasteiger partial charge in [-0.05, 0) is 13.8 Å². The predicted octanol–water partition coefficient (Wildman–Crippen LogP) is -2.49. The lowest BCUT2D eigenvalue weighted by Crippen LogP contribution is -2.49. The van der Waals surface area contributed by atoms with Crippen LogP contribution in [-0.2, 0) is 14.4 Å². The van der Waals surface area contributed by atoms with Gasteiger partial charge in [-0.3, -0.25) is 9.59 Å². The van der Waals surface area contributed by atoms with Crippen molar-refractivity contribution in [1.29, 1.82) is 0 Å². The number of nitrogens with one attached hydrogen (secondary N) is 2. The van der Waals surface area contributed by atoms with Gasteiger partial charge in [0, 0.05) is 0 Å². The third-order valence-corrected chi connectivity index (χ3v) is 1.83. The van der Waals surface area contributed by atoms with E-state index >= 15 is 0 Å². The summed E-state index contributed by atoms with van der Waals surface area (Å²) in [6.45, 7) is 2.58. The normalized spacial score (nSPS) is 15.8. The summed E-state index contributed by atoms with van der Waals surface area (Å²) in [5, 5.41) is 13.6. The Morgan fingerprint density at radius 1 is 1.44 bits per heavy atom. The highest BCUT2D eigenvalue weighted by Crippen LogP contribution is 1.87. The molecule has 2 amide bonds. The smallest absolute Gasteiger partial charge is 0.240 e. The molecule has 0 heterocycles. The van der Waals surface area contributed by atoms with E-state index in [1.165, 1.54) is 13.8 Å². The van der Waals surface area contributed by atoms with Crippen LogP contribution < -0.4 is 16.4 Å². The molecule has 7 heteroatoms. The highest BCUT2D eigenvalue weighted by atomic mass is 16.3. The minimum Gasteiger partial charge on any atom is -0.391 e. The largest absolute Gasteiger partial charge is 0.391 e. The van der Waals surface area contributed by atoms with Crippen LogP contribution in [0.4, 0.5) is 0 Å². The second-order valence-electron chi connectivity index (χ2n) is 3.48. The molecular formula is C9H17N3O4. The van der Waals surface area contributed by atoms with Crippen LogP contribution in [0.2, 0.25) is 0 Å². The third kappa shape index (κ3) is 5.42. The lowest BCUT2D eigenvalue weighted by atomic mass is 10.2.